The minimum absolute atomic E-state index is 0.477. The van der Waals surface area contributed by atoms with Gasteiger partial charge in [-0.3, -0.25) is 0 Å². The van der Waals surface area contributed by atoms with Gasteiger partial charge in [0.15, 0.2) is 5.82 Å². The summed E-state index contributed by atoms with van der Waals surface area (Å²) in [6, 6.07) is 11.8. The number of aromatic nitrogens is 1. The van der Waals surface area contributed by atoms with Crippen LogP contribution in [0.5, 0.6) is 0 Å². The molecule has 3 unspecified atom stereocenters. The van der Waals surface area contributed by atoms with Gasteiger partial charge in [0, 0.05) is 45.0 Å². The summed E-state index contributed by atoms with van der Waals surface area (Å²) in [5.74, 6) is 2.19. The van der Waals surface area contributed by atoms with Gasteiger partial charge in [0.05, 0.1) is 17.1 Å². The molecule has 1 aromatic heterocycles. The quantitative estimate of drug-likeness (QED) is 0.604. The molecule has 0 saturated carbocycles. The lowest BCUT2D eigenvalue weighted by molar-refractivity contribution is 0.526. The average molecular weight is 422 g/mol. The fourth-order valence-corrected chi connectivity index (χ4v) is 4.76. The van der Waals surface area contributed by atoms with Crippen LogP contribution >= 0.6 is 0 Å². The fraction of sp³-hybridized carbons (Fsp3) is 0.577. The molecule has 0 bridgehead atoms. The topological polar surface area (TPSA) is 43.4 Å². The average Bonchev–Trinajstić information content (AvgIpc) is 2.81. The number of benzene rings is 1. The first-order valence-corrected chi connectivity index (χ1v) is 12.1. The molecule has 2 N–H and O–H groups in total. The number of hydrogen-bond acceptors (Lipinski definition) is 5. The van der Waals surface area contributed by atoms with E-state index in [1.165, 1.54) is 41.2 Å². The maximum atomic E-state index is 5.08. The predicted molar refractivity (Wildman–Crippen MR) is 134 cm³/mol. The van der Waals surface area contributed by atoms with Crippen molar-refractivity contribution in [1.29, 1.82) is 0 Å². The third-order valence-corrected chi connectivity index (χ3v) is 7.27. The molecule has 5 nitrogen and oxygen atoms in total. The second kappa shape index (κ2) is 9.37. The van der Waals surface area contributed by atoms with E-state index in [0.29, 0.717) is 17.9 Å². The molecule has 31 heavy (non-hydrogen) atoms. The molecular formula is C26H39N5. The minimum atomic E-state index is 0.477. The summed E-state index contributed by atoms with van der Waals surface area (Å²) < 4.78 is 0. The zero-order valence-electron chi connectivity index (χ0n) is 19.9. The third kappa shape index (κ3) is 4.60. The van der Waals surface area contributed by atoms with Crippen LogP contribution in [0.2, 0.25) is 0 Å². The first kappa shape index (κ1) is 21.8. The van der Waals surface area contributed by atoms with Gasteiger partial charge in [0.2, 0.25) is 0 Å². The highest BCUT2D eigenvalue weighted by atomic mass is 15.3. The first-order valence-electron chi connectivity index (χ1n) is 12.1. The molecule has 2 aromatic rings. The number of rotatable bonds is 7. The molecule has 0 aliphatic carbocycles. The number of nitrogens with zero attached hydrogens (tertiary/aromatic N) is 3. The van der Waals surface area contributed by atoms with E-state index in [2.05, 4.69) is 85.5 Å². The van der Waals surface area contributed by atoms with E-state index in [9.17, 15) is 0 Å². The van der Waals surface area contributed by atoms with Gasteiger partial charge in [-0.15, -0.1) is 0 Å². The zero-order valence-corrected chi connectivity index (χ0v) is 19.9. The standard InChI is InChI=1S/C26H39N5/c1-6-18(2)22-11-12-24-26(29-22)31(16-14-28-24)20(4)8-7-19(3)21-9-10-23-25(17-21)30(5)15-13-27-23/h9-12,17-20,27-28H,6-8,13-16H2,1-5H3. The monoisotopic (exact) mass is 421 g/mol. The van der Waals surface area contributed by atoms with Crippen molar-refractivity contribution in [3.05, 3.63) is 41.6 Å². The molecule has 3 heterocycles. The van der Waals surface area contributed by atoms with E-state index >= 15 is 0 Å². The van der Waals surface area contributed by atoms with Crippen molar-refractivity contribution in [2.75, 3.05) is 53.7 Å². The maximum Gasteiger partial charge on any atom is 0.152 e. The van der Waals surface area contributed by atoms with Crippen molar-refractivity contribution in [2.45, 2.75) is 64.8 Å². The third-order valence-electron chi connectivity index (χ3n) is 7.27. The van der Waals surface area contributed by atoms with E-state index in [1.807, 2.05) is 0 Å². The van der Waals surface area contributed by atoms with E-state index in [4.69, 9.17) is 4.98 Å². The summed E-state index contributed by atoms with van der Waals surface area (Å²) in [5.41, 5.74) is 6.44. The van der Waals surface area contributed by atoms with E-state index in [1.54, 1.807) is 0 Å². The van der Waals surface area contributed by atoms with Crippen LogP contribution in [0.25, 0.3) is 0 Å². The van der Waals surface area contributed by atoms with Crippen molar-refractivity contribution in [1.82, 2.24) is 4.98 Å². The summed E-state index contributed by atoms with van der Waals surface area (Å²) >= 11 is 0. The number of hydrogen-bond donors (Lipinski definition) is 2. The zero-order chi connectivity index (χ0) is 22.0. The lowest BCUT2D eigenvalue weighted by atomic mass is 9.93. The van der Waals surface area contributed by atoms with Gasteiger partial charge < -0.3 is 20.4 Å². The first-order chi connectivity index (χ1) is 15.0. The van der Waals surface area contributed by atoms with Gasteiger partial charge in [0.1, 0.15) is 0 Å². The van der Waals surface area contributed by atoms with Crippen LogP contribution in [0.15, 0.2) is 30.3 Å². The van der Waals surface area contributed by atoms with Crippen LogP contribution in [0.1, 0.15) is 70.1 Å². The van der Waals surface area contributed by atoms with Crippen LogP contribution in [0, 0.1) is 0 Å². The Kier molecular flexibility index (Phi) is 6.59. The van der Waals surface area contributed by atoms with Crippen LogP contribution in [-0.2, 0) is 0 Å². The Labute approximate surface area is 188 Å². The van der Waals surface area contributed by atoms with Gasteiger partial charge in [-0.1, -0.05) is 26.8 Å². The van der Waals surface area contributed by atoms with Gasteiger partial charge in [-0.2, -0.15) is 0 Å². The van der Waals surface area contributed by atoms with Gasteiger partial charge >= 0.3 is 0 Å². The number of fused-ring (bicyclic) bond motifs is 2. The molecule has 168 valence electrons. The maximum absolute atomic E-state index is 5.08. The highest BCUT2D eigenvalue weighted by Gasteiger charge is 2.24. The Hall–Kier alpha value is -2.43. The smallest absolute Gasteiger partial charge is 0.152 e. The summed E-state index contributed by atoms with van der Waals surface area (Å²) in [4.78, 5) is 9.97. The molecule has 0 spiro atoms. The molecular weight excluding hydrogens is 382 g/mol. The lowest BCUT2D eigenvalue weighted by Gasteiger charge is -2.36. The van der Waals surface area contributed by atoms with Gasteiger partial charge in [-0.05, 0) is 67.9 Å². The van der Waals surface area contributed by atoms with Crippen molar-refractivity contribution in [3.63, 3.8) is 0 Å². The fourth-order valence-electron chi connectivity index (χ4n) is 4.76. The normalized spacial score (nSPS) is 18.4. The number of anilines is 4. The summed E-state index contributed by atoms with van der Waals surface area (Å²) in [6.45, 7) is 13.3. The molecule has 2 aliphatic rings. The Bertz CT molecular complexity index is 895. The van der Waals surface area contributed by atoms with Crippen LogP contribution in [0.4, 0.5) is 22.9 Å². The van der Waals surface area contributed by atoms with Crippen molar-refractivity contribution < 1.29 is 0 Å². The SMILES string of the molecule is CCC(C)c1ccc2c(n1)N(C(C)CCC(C)c1ccc3c(c1)N(C)CCN3)CCN2. The number of nitrogens with one attached hydrogen (secondary N) is 2. The predicted octanol–water partition coefficient (Wildman–Crippen LogP) is 5.66. The van der Waals surface area contributed by atoms with Crippen LogP contribution < -0.4 is 20.4 Å². The largest absolute Gasteiger partial charge is 0.382 e. The molecule has 1 aromatic carbocycles. The molecule has 0 fully saturated rings. The molecule has 2 aliphatic heterocycles. The Morgan fingerprint density at radius 1 is 0.935 bits per heavy atom. The molecule has 0 amide bonds. The Morgan fingerprint density at radius 3 is 2.48 bits per heavy atom. The summed E-state index contributed by atoms with van der Waals surface area (Å²) in [5, 5.41) is 7.06. The molecule has 0 saturated heterocycles. The van der Waals surface area contributed by atoms with Gasteiger partial charge in [0.25, 0.3) is 0 Å². The van der Waals surface area contributed by atoms with Crippen molar-refractivity contribution in [2.24, 2.45) is 0 Å². The molecule has 4 rings (SSSR count). The molecule has 0 radical (unpaired) electrons. The van der Waals surface area contributed by atoms with Crippen LogP contribution in [0.3, 0.4) is 0 Å². The number of pyridine rings is 1. The highest BCUT2D eigenvalue weighted by molar-refractivity contribution is 5.73. The minimum Gasteiger partial charge on any atom is -0.382 e. The summed E-state index contributed by atoms with van der Waals surface area (Å²) in [7, 11) is 2.19. The van der Waals surface area contributed by atoms with E-state index in [-0.39, 0.29) is 0 Å². The Balaban J connectivity index is 1.44. The second-order valence-corrected chi connectivity index (χ2v) is 9.49. The molecule has 5 heteroatoms. The highest BCUT2D eigenvalue weighted by Crippen LogP contribution is 2.35. The lowest BCUT2D eigenvalue weighted by Crippen LogP contribution is -2.41. The summed E-state index contributed by atoms with van der Waals surface area (Å²) in [6.07, 6.45) is 3.47. The van der Waals surface area contributed by atoms with E-state index < -0.39 is 0 Å². The van der Waals surface area contributed by atoms with Crippen molar-refractivity contribution in [3.8, 4) is 0 Å². The van der Waals surface area contributed by atoms with E-state index in [0.717, 1.165) is 38.4 Å². The van der Waals surface area contributed by atoms with Gasteiger partial charge in [-0.25, -0.2) is 4.98 Å². The number of likely N-dealkylation sites (N-methyl/N-ethyl adjacent to an activating group) is 1. The molecule has 3 atom stereocenters. The van der Waals surface area contributed by atoms with Crippen molar-refractivity contribution >= 4 is 22.9 Å². The Morgan fingerprint density at radius 2 is 1.68 bits per heavy atom. The van der Waals surface area contributed by atoms with Crippen LogP contribution in [-0.4, -0.2) is 44.3 Å². The second-order valence-electron chi connectivity index (χ2n) is 9.49.